The van der Waals surface area contributed by atoms with Gasteiger partial charge in [-0.3, -0.25) is 4.79 Å². The molecule has 152 valence electrons. The molecule has 0 aliphatic carbocycles. The van der Waals surface area contributed by atoms with Gasteiger partial charge in [0.2, 0.25) is 5.88 Å². The van der Waals surface area contributed by atoms with Crippen molar-refractivity contribution >= 4 is 5.91 Å². The summed E-state index contributed by atoms with van der Waals surface area (Å²) >= 11 is 0. The number of aryl methyl sites for hydroxylation is 1. The maximum Gasteiger partial charge on any atom is 0.255 e. The molecule has 0 radical (unpaired) electrons. The summed E-state index contributed by atoms with van der Waals surface area (Å²) in [7, 11) is 3.30. The SMILES string of the molecule is COCCCn1c(C)cnc1CC1CCN(C(=O)c2ccc(OC)nc2)CC1. The summed E-state index contributed by atoms with van der Waals surface area (Å²) in [6.07, 6.45) is 7.50. The second-order valence-electron chi connectivity index (χ2n) is 7.34. The van der Waals surface area contributed by atoms with Crippen LogP contribution in [-0.2, 0) is 17.7 Å². The predicted octanol–water partition coefficient (Wildman–Crippen LogP) is 2.73. The van der Waals surface area contributed by atoms with Gasteiger partial charge >= 0.3 is 0 Å². The minimum absolute atomic E-state index is 0.0468. The Balaban J connectivity index is 1.53. The van der Waals surface area contributed by atoms with Crippen molar-refractivity contribution in [3.8, 4) is 5.88 Å². The lowest BCUT2D eigenvalue weighted by molar-refractivity contribution is 0.0689. The van der Waals surface area contributed by atoms with Gasteiger partial charge in [-0.1, -0.05) is 0 Å². The van der Waals surface area contributed by atoms with Gasteiger partial charge < -0.3 is 18.9 Å². The number of aromatic nitrogens is 3. The van der Waals surface area contributed by atoms with E-state index in [4.69, 9.17) is 9.47 Å². The number of methoxy groups -OCH3 is 2. The van der Waals surface area contributed by atoms with Crippen LogP contribution in [0.1, 0.15) is 41.1 Å². The van der Waals surface area contributed by atoms with E-state index in [1.54, 1.807) is 32.5 Å². The maximum atomic E-state index is 12.7. The van der Waals surface area contributed by atoms with Crippen LogP contribution in [0.4, 0.5) is 0 Å². The lowest BCUT2D eigenvalue weighted by Crippen LogP contribution is -2.39. The van der Waals surface area contributed by atoms with E-state index in [2.05, 4.69) is 21.5 Å². The molecule has 0 bridgehead atoms. The van der Waals surface area contributed by atoms with Gasteiger partial charge in [-0.25, -0.2) is 9.97 Å². The summed E-state index contributed by atoms with van der Waals surface area (Å²) in [5.74, 6) is 2.27. The molecule has 7 heteroatoms. The van der Waals surface area contributed by atoms with Crippen molar-refractivity contribution in [3.05, 3.63) is 41.6 Å². The average Bonchev–Trinajstić information content (AvgIpc) is 3.08. The lowest BCUT2D eigenvalue weighted by Gasteiger charge is -2.32. The highest BCUT2D eigenvalue weighted by atomic mass is 16.5. The average molecular weight is 386 g/mol. The van der Waals surface area contributed by atoms with E-state index in [1.807, 2.05) is 11.1 Å². The first-order valence-electron chi connectivity index (χ1n) is 9.91. The van der Waals surface area contributed by atoms with Crippen LogP contribution in [0.5, 0.6) is 5.88 Å². The smallest absolute Gasteiger partial charge is 0.255 e. The van der Waals surface area contributed by atoms with Crippen molar-refractivity contribution in [2.45, 2.75) is 39.2 Å². The number of imidazole rings is 1. The molecule has 0 spiro atoms. The summed E-state index contributed by atoms with van der Waals surface area (Å²) in [6, 6.07) is 3.51. The van der Waals surface area contributed by atoms with Crippen LogP contribution in [0, 0.1) is 12.8 Å². The van der Waals surface area contributed by atoms with Crippen LogP contribution in [0.2, 0.25) is 0 Å². The molecule has 3 heterocycles. The summed E-state index contributed by atoms with van der Waals surface area (Å²) in [4.78, 5) is 23.4. The third-order valence-corrected chi connectivity index (χ3v) is 5.43. The van der Waals surface area contributed by atoms with E-state index in [1.165, 1.54) is 5.69 Å². The molecule has 1 saturated heterocycles. The van der Waals surface area contributed by atoms with Crippen molar-refractivity contribution in [3.63, 3.8) is 0 Å². The van der Waals surface area contributed by atoms with Crippen LogP contribution < -0.4 is 4.74 Å². The van der Waals surface area contributed by atoms with Crippen LogP contribution in [-0.4, -0.2) is 59.3 Å². The number of rotatable bonds is 8. The highest BCUT2D eigenvalue weighted by Gasteiger charge is 2.25. The molecule has 3 rings (SSSR count). The Bertz CT molecular complexity index is 764. The number of likely N-dealkylation sites (tertiary alicyclic amines) is 1. The van der Waals surface area contributed by atoms with Crippen molar-refractivity contribution in [1.29, 1.82) is 0 Å². The van der Waals surface area contributed by atoms with Crippen molar-refractivity contribution in [2.24, 2.45) is 5.92 Å². The molecular formula is C21H30N4O3. The number of amides is 1. The van der Waals surface area contributed by atoms with E-state index in [9.17, 15) is 4.79 Å². The number of pyridine rings is 1. The van der Waals surface area contributed by atoms with Gasteiger partial charge in [0, 0.05) is 63.9 Å². The summed E-state index contributed by atoms with van der Waals surface area (Å²) < 4.78 is 12.5. The number of carbonyl (C=O) groups is 1. The number of piperidine rings is 1. The first-order chi connectivity index (χ1) is 13.6. The van der Waals surface area contributed by atoms with Crippen LogP contribution in [0.15, 0.2) is 24.5 Å². The molecule has 2 aromatic heterocycles. The second kappa shape index (κ2) is 9.68. The molecule has 1 aliphatic rings. The van der Waals surface area contributed by atoms with Crippen LogP contribution in [0.3, 0.4) is 0 Å². The zero-order valence-corrected chi connectivity index (χ0v) is 17.1. The van der Waals surface area contributed by atoms with E-state index < -0.39 is 0 Å². The lowest BCUT2D eigenvalue weighted by atomic mass is 9.93. The standard InChI is InChI=1S/C21H30N4O3/c1-16-14-22-19(25(16)9-4-12-27-2)13-17-7-10-24(11-8-17)21(26)18-5-6-20(28-3)23-15-18/h5-6,14-15,17H,4,7-13H2,1-3H3. The highest BCUT2D eigenvalue weighted by molar-refractivity contribution is 5.94. The first-order valence-corrected chi connectivity index (χ1v) is 9.91. The van der Waals surface area contributed by atoms with Gasteiger partial charge in [-0.05, 0) is 38.2 Å². The number of carbonyl (C=O) groups excluding carboxylic acids is 1. The number of hydrogen-bond donors (Lipinski definition) is 0. The van der Waals surface area contributed by atoms with Gasteiger partial charge in [0.25, 0.3) is 5.91 Å². The van der Waals surface area contributed by atoms with E-state index in [-0.39, 0.29) is 5.91 Å². The molecule has 28 heavy (non-hydrogen) atoms. The Hall–Kier alpha value is -2.41. The number of ether oxygens (including phenoxy) is 2. The molecule has 0 unspecified atom stereocenters. The third kappa shape index (κ3) is 4.90. The molecule has 1 aliphatic heterocycles. The van der Waals surface area contributed by atoms with Gasteiger partial charge in [0.1, 0.15) is 5.82 Å². The minimum Gasteiger partial charge on any atom is -0.481 e. The Labute approximate surface area is 166 Å². The molecule has 1 fully saturated rings. The van der Waals surface area contributed by atoms with Crippen molar-refractivity contribution in [1.82, 2.24) is 19.4 Å². The fourth-order valence-electron chi connectivity index (χ4n) is 3.75. The van der Waals surface area contributed by atoms with Crippen LogP contribution in [0.25, 0.3) is 0 Å². The Morgan fingerprint density at radius 1 is 1.18 bits per heavy atom. The normalized spacial score (nSPS) is 15.0. The van der Waals surface area contributed by atoms with Gasteiger partial charge in [0.05, 0.1) is 12.7 Å². The predicted molar refractivity (Wildman–Crippen MR) is 107 cm³/mol. The Morgan fingerprint density at radius 2 is 1.96 bits per heavy atom. The molecule has 2 aromatic rings. The van der Waals surface area contributed by atoms with Gasteiger partial charge in [-0.2, -0.15) is 0 Å². The van der Waals surface area contributed by atoms with E-state index in [0.29, 0.717) is 17.4 Å². The van der Waals surface area contributed by atoms with Gasteiger partial charge in [-0.15, -0.1) is 0 Å². The molecule has 0 N–H and O–H groups in total. The first kappa shape index (κ1) is 20.3. The molecule has 0 saturated carbocycles. The molecule has 7 nitrogen and oxygen atoms in total. The van der Waals surface area contributed by atoms with Crippen LogP contribution >= 0.6 is 0 Å². The summed E-state index contributed by atoms with van der Waals surface area (Å²) in [6.45, 7) is 5.36. The fourth-order valence-corrected chi connectivity index (χ4v) is 3.75. The Kier molecular flexibility index (Phi) is 7.03. The fraction of sp³-hybridized carbons (Fsp3) is 0.571. The third-order valence-electron chi connectivity index (χ3n) is 5.43. The van der Waals surface area contributed by atoms with E-state index >= 15 is 0 Å². The quantitative estimate of drug-likeness (QED) is 0.653. The molecule has 0 atom stereocenters. The maximum absolute atomic E-state index is 12.7. The van der Waals surface area contributed by atoms with Crippen molar-refractivity contribution in [2.75, 3.05) is 33.9 Å². The van der Waals surface area contributed by atoms with Crippen molar-refractivity contribution < 1.29 is 14.3 Å². The summed E-state index contributed by atoms with van der Waals surface area (Å²) in [5, 5.41) is 0. The zero-order valence-electron chi connectivity index (χ0n) is 17.1. The molecule has 0 aromatic carbocycles. The highest BCUT2D eigenvalue weighted by Crippen LogP contribution is 2.23. The molecular weight excluding hydrogens is 356 g/mol. The largest absolute Gasteiger partial charge is 0.481 e. The monoisotopic (exact) mass is 386 g/mol. The van der Waals surface area contributed by atoms with Gasteiger partial charge in [0.15, 0.2) is 0 Å². The summed E-state index contributed by atoms with van der Waals surface area (Å²) in [5.41, 5.74) is 1.81. The molecule has 1 amide bonds. The second-order valence-corrected chi connectivity index (χ2v) is 7.34. The number of hydrogen-bond acceptors (Lipinski definition) is 5. The Morgan fingerprint density at radius 3 is 2.61 bits per heavy atom. The minimum atomic E-state index is 0.0468. The van der Waals surface area contributed by atoms with E-state index in [0.717, 1.165) is 57.7 Å². The topological polar surface area (TPSA) is 69.5 Å². The number of nitrogens with zero attached hydrogens (tertiary/aromatic N) is 4. The zero-order chi connectivity index (χ0) is 19.9.